The lowest BCUT2D eigenvalue weighted by Gasteiger charge is -2.04. The Morgan fingerprint density at radius 2 is 2.04 bits per heavy atom. The van der Waals surface area contributed by atoms with Crippen LogP contribution in [0.5, 0.6) is 0 Å². The van der Waals surface area contributed by atoms with Crippen LogP contribution >= 0.6 is 11.3 Å². The predicted molar refractivity (Wildman–Crippen MR) is 97.4 cm³/mol. The van der Waals surface area contributed by atoms with Crippen molar-refractivity contribution in [1.29, 1.82) is 0 Å². The minimum atomic E-state index is -1.07. The molecule has 5 nitrogen and oxygen atoms in total. The maximum absolute atomic E-state index is 13.2. The first-order chi connectivity index (χ1) is 13.0. The van der Waals surface area contributed by atoms with E-state index in [2.05, 4.69) is 15.6 Å². The Bertz CT molecular complexity index is 1060. The number of nitrogens with zero attached hydrogens (tertiary/aromatic N) is 1. The van der Waals surface area contributed by atoms with E-state index in [1.807, 2.05) is 23.6 Å². The van der Waals surface area contributed by atoms with Crippen molar-refractivity contribution in [2.45, 2.75) is 13.0 Å². The third kappa shape index (κ3) is 3.56. The fourth-order valence-corrected chi connectivity index (χ4v) is 3.55. The van der Waals surface area contributed by atoms with Crippen LogP contribution in [-0.2, 0) is 17.8 Å². The summed E-state index contributed by atoms with van der Waals surface area (Å²) in [7, 11) is 0. The van der Waals surface area contributed by atoms with Crippen LogP contribution < -0.4 is 10.6 Å². The molecular formula is C19H13F2N3O2S. The van der Waals surface area contributed by atoms with Crippen LogP contribution in [0.4, 0.5) is 14.5 Å². The molecule has 0 saturated carbocycles. The summed E-state index contributed by atoms with van der Waals surface area (Å²) in [6, 6.07) is 8.65. The van der Waals surface area contributed by atoms with Crippen LogP contribution in [0, 0.1) is 11.6 Å². The van der Waals surface area contributed by atoms with Crippen molar-refractivity contribution in [1.82, 2.24) is 10.3 Å². The normalized spacial score (nSPS) is 12.6. The lowest BCUT2D eigenvalue weighted by atomic mass is 10.1. The number of halogens is 2. The molecule has 0 spiro atoms. The van der Waals surface area contributed by atoms with Crippen LogP contribution in [-0.4, -0.2) is 16.8 Å². The van der Waals surface area contributed by atoms with Gasteiger partial charge in [0.25, 0.3) is 5.91 Å². The van der Waals surface area contributed by atoms with E-state index in [1.54, 1.807) is 0 Å². The molecule has 2 heterocycles. The average Bonchev–Trinajstić information content (AvgIpc) is 3.26. The van der Waals surface area contributed by atoms with Gasteiger partial charge in [-0.25, -0.2) is 13.8 Å². The minimum Gasteiger partial charge on any atom is -0.346 e. The predicted octanol–water partition coefficient (Wildman–Crippen LogP) is 3.51. The summed E-state index contributed by atoms with van der Waals surface area (Å²) in [5.41, 5.74) is 3.43. The molecule has 0 saturated heterocycles. The number of fused-ring (bicyclic) bond motifs is 1. The number of anilines is 1. The van der Waals surface area contributed by atoms with Gasteiger partial charge in [0.2, 0.25) is 5.91 Å². The summed E-state index contributed by atoms with van der Waals surface area (Å²) in [6.45, 7) is 0.174. The van der Waals surface area contributed by atoms with Crippen LogP contribution in [0.1, 0.15) is 20.9 Å². The Labute approximate surface area is 157 Å². The smallest absolute Gasteiger partial charge is 0.251 e. The molecule has 27 heavy (non-hydrogen) atoms. The van der Waals surface area contributed by atoms with Gasteiger partial charge in [-0.05, 0) is 35.9 Å². The third-order valence-corrected chi connectivity index (χ3v) is 5.01. The highest BCUT2D eigenvalue weighted by atomic mass is 32.1. The number of hydrogen-bond donors (Lipinski definition) is 2. The topological polar surface area (TPSA) is 71.1 Å². The maximum Gasteiger partial charge on any atom is 0.251 e. The van der Waals surface area contributed by atoms with E-state index in [4.69, 9.17) is 0 Å². The SMILES string of the molecule is O=C1Cc2cc(-c3csc(CNC(=O)c4ccc(F)c(F)c4)n3)ccc2N1. The first-order valence-electron chi connectivity index (χ1n) is 8.10. The molecule has 0 radical (unpaired) electrons. The Morgan fingerprint density at radius 1 is 1.19 bits per heavy atom. The lowest BCUT2D eigenvalue weighted by molar-refractivity contribution is -0.115. The highest BCUT2D eigenvalue weighted by Gasteiger charge is 2.18. The van der Waals surface area contributed by atoms with E-state index in [-0.39, 0.29) is 18.0 Å². The largest absolute Gasteiger partial charge is 0.346 e. The Balaban J connectivity index is 1.44. The second-order valence-electron chi connectivity index (χ2n) is 6.03. The highest BCUT2D eigenvalue weighted by molar-refractivity contribution is 7.09. The van der Waals surface area contributed by atoms with Crippen molar-refractivity contribution in [3.63, 3.8) is 0 Å². The minimum absolute atomic E-state index is 0.0268. The molecule has 8 heteroatoms. The standard InChI is InChI=1S/C19H13F2N3O2S/c20-13-3-1-11(6-14(13)21)19(26)22-8-18-24-16(9-27-18)10-2-4-15-12(5-10)7-17(25)23-15/h1-6,9H,7-8H2,(H,22,26)(H,23,25). The summed E-state index contributed by atoms with van der Waals surface area (Å²) in [4.78, 5) is 28.0. The molecule has 2 aromatic carbocycles. The lowest BCUT2D eigenvalue weighted by Crippen LogP contribution is -2.22. The number of aromatic nitrogens is 1. The number of amides is 2. The van der Waals surface area contributed by atoms with Gasteiger partial charge >= 0.3 is 0 Å². The van der Waals surface area contributed by atoms with E-state index in [0.717, 1.165) is 34.6 Å². The monoisotopic (exact) mass is 385 g/mol. The number of thiazole rings is 1. The summed E-state index contributed by atoms with van der Waals surface area (Å²) in [5, 5.41) is 7.96. The molecule has 2 amide bonds. The fourth-order valence-electron chi connectivity index (χ4n) is 2.81. The van der Waals surface area contributed by atoms with E-state index < -0.39 is 17.5 Å². The third-order valence-electron chi connectivity index (χ3n) is 4.16. The van der Waals surface area contributed by atoms with Crippen LogP contribution in [0.3, 0.4) is 0 Å². The zero-order valence-corrected chi connectivity index (χ0v) is 14.7. The molecule has 0 bridgehead atoms. The van der Waals surface area contributed by atoms with Gasteiger partial charge in [0, 0.05) is 22.2 Å². The van der Waals surface area contributed by atoms with Gasteiger partial charge in [-0.15, -0.1) is 11.3 Å². The van der Waals surface area contributed by atoms with Crippen molar-refractivity contribution in [2.75, 3.05) is 5.32 Å². The van der Waals surface area contributed by atoms with Crippen LogP contribution in [0.25, 0.3) is 11.3 Å². The number of rotatable bonds is 4. The molecular weight excluding hydrogens is 372 g/mol. The fraction of sp³-hybridized carbons (Fsp3) is 0.105. The summed E-state index contributed by atoms with van der Waals surface area (Å²) in [5.74, 6) is -2.60. The molecule has 0 atom stereocenters. The average molecular weight is 385 g/mol. The van der Waals surface area contributed by atoms with Crippen molar-refractivity contribution < 1.29 is 18.4 Å². The molecule has 0 fully saturated rings. The molecule has 1 aliphatic rings. The van der Waals surface area contributed by atoms with Gasteiger partial charge in [-0.3, -0.25) is 9.59 Å². The second-order valence-corrected chi connectivity index (χ2v) is 6.98. The number of carbonyl (C=O) groups excluding carboxylic acids is 2. The first-order valence-corrected chi connectivity index (χ1v) is 8.98. The quantitative estimate of drug-likeness (QED) is 0.722. The van der Waals surface area contributed by atoms with E-state index >= 15 is 0 Å². The molecule has 1 aromatic heterocycles. The number of hydrogen-bond acceptors (Lipinski definition) is 4. The van der Waals surface area contributed by atoms with Gasteiger partial charge in [0.15, 0.2) is 11.6 Å². The molecule has 4 rings (SSSR count). The van der Waals surface area contributed by atoms with Gasteiger partial charge in [-0.2, -0.15) is 0 Å². The van der Waals surface area contributed by atoms with E-state index in [9.17, 15) is 18.4 Å². The molecule has 0 aliphatic carbocycles. The number of carbonyl (C=O) groups is 2. The zero-order valence-electron chi connectivity index (χ0n) is 13.9. The molecule has 2 N–H and O–H groups in total. The Kier molecular flexibility index (Phi) is 4.41. The molecule has 136 valence electrons. The van der Waals surface area contributed by atoms with Gasteiger partial charge in [0.05, 0.1) is 18.7 Å². The van der Waals surface area contributed by atoms with Crippen LogP contribution in [0.15, 0.2) is 41.8 Å². The van der Waals surface area contributed by atoms with Crippen molar-refractivity contribution in [3.8, 4) is 11.3 Å². The maximum atomic E-state index is 13.2. The van der Waals surface area contributed by atoms with Gasteiger partial charge in [-0.1, -0.05) is 6.07 Å². The molecule has 0 unspecified atom stereocenters. The van der Waals surface area contributed by atoms with E-state index in [1.165, 1.54) is 17.4 Å². The Hall–Kier alpha value is -3.13. The number of nitrogens with one attached hydrogen (secondary N) is 2. The van der Waals surface area contributed by atoms with Crippen molar-refractivity contribution in [3.05, 3.63) is 69.5 Å². The van der Waals surface area contributed by atoms with Gasteiger partial charge < -0.3 is 10.6 Å². The summed E-state index contributed by atoms with van der Waals surface area (Å²) < 4.78 is 26.2. The first kappa shape index (κ1) is 17.3. The Morgan fingerprint density at radius 3 is 2.85 bits per heavy atom. The van der Waals surface area contributed by atoms with Crippen molar-refractivity contribution >= 4 is 28.8 Å². The van der Waals surface area contributed by atoms with E-state index in [0.29, 0.717) is 11.4 Å². The zero-order chi connectivity index (χ0) is 19.0. The molecule has 3 aromatic rings. The molecule has 1 aliphatic heterocycles. The van der Waals surface area contributed by atoms with Gasteiger partial charge in [0.1, 0.15) is 5.01 Å². The van der Waals surface area contributed by atoms with Crippen LogP contribution in [0.2, 0.25) is 0 Å². The van der Waals surface area contributed by atoms with Crippen molar-refractivity contribution in [2.24, 2.45) is 0 Å². The second kappa shape index (κ2) is 6.88. The summed E-state index contributed by atoms with van der Waals surface area (Å²) in [6.07, 6.45) is 0.352. The highest BCUT2D eigenvalue weighted by Crippen LogP contribution is 2.29. The number of benzene rings is 2. The summed E-state index contributed by atoms with van der Waals surface area (Å²) >= 11 is 1.38.